The molecule has 0 aliphatic carbocycles. The Hall–Kier alpha value is -2.90. The van der Waals surface area contributed by atoms with E-state index in [2.05, 4.69) is 10.3 Å². The lowest BCUT2D eigenvalue weighted by atomic mass is 10.1. The third-order valence-electron chi connectivity index (χ3n) is 4.72. The van der Waals surface area contributed by atoms with Gasteiger partial charge in [0.2, 0.25) is 0 Å². The number of carbonyl (C=O) groups is 1. The number of aromatic nitrogens is 1. The van der Waals surface area contributed by atoms with Gasteiger partial charge in [-0.3, -0.25) is 4.79 Å². The second-order valence-electron chi connectivity index (χ2n) is 6.58. The highest BCUT2D eigenvalue weighted by molar-refractivity contribution is 6.33. The van der Waals surface area contributed by atoms with Crippen molar-refractivity contribution < 1.29 is 18.3 Å². The second kappa shape index (κ2) is 8.63. The van der Waals surface area contributed by atoms with Crippen molar-refractivity contribution in [3.8, 4) is 11.3 Å². The number of halogens is 2. The summed E-state index contributed by atoms with van der Waals surface area (Å²) in [6, 6.07) is 12.0. The van der Waals surface area contributed by atoms with Crippen LogP contribution in [0.4, 0.5) is 10.1 Å². The van der Waals surface area contributed by atoms with Gasteiger partial charge in [-0.2, -0.15) is 0 Å². The monoisotopic (exact) mass is 415 g/mol. The van der Waals surface area contributed by atoms with Crippen molar-refractivity contribution in [3.05, 3.63) is 71.0 Å². The summed E-state index contributed by atoms with van der Waals surface area (Å²) < 4.78 is 25.2. The molecule has 4 rings (SSSR count). The van der Waals surface area contributed by atoms with Crippen molar-refractivity contribution in [1.82, 2.24) is 10.3 Å². The van der Waals surface area contributed by atoms with Gasteiger partial charge in [0.15, 0.2) is 17.8 Å². The van der Waals surface area contributed by atoms with E-state index in [9.17, 15) is 9.18 Å². The molecule has 29 heavy (non-hydrogen) atoms. The van der Waals surface area contributed by atoms with Gasteiger partial charge in [-0.25, -0.2) is 9.37 Å². The largest absolute Gasteiger partial charge is 0.443 e. The number of anilines is 1. The molecule has 0 atom stereocenters. The fourth-order valence-corrected chi connectivity index (χ4v) is 3.45. The average Bonchev–Trinajstić information content (AvgIpc) is 3.23. The number of hydrogen-bond acceptors (Lipinski definition) is 5. The highest BCUT2D eigenvalue weighted by Crippen LogP contribution is 2.30. The smallest absolute Gasteiger partial charge is 0.274 e. The Morgan fingerprint density at radius 3 is 2.76 bits per heavy atom. The molecule has 0 radical (unpaired) electrons. The Morgan fingerprint density at radius 1 is 1.21 bits per heavy atom. The van der Waals surface area contributed by atoms with E-state index in [1.807, 2.05) is 4.90 Å². The van der Waals surface area contributed by atoms with Crippen LogP contribution in [-0.4, -0.2) is 37.2 Å². The molecule has 1 aromatic heterocycles. The molecule has 150 valence electrons. The normalized spacial score (nSPS) is 14.1. The quantitative estimate of drug-likeness (QED) is 0.684. The van der Waals surface area contributed by atoms with Crippen LogP contribution in [0, 0.1) is 5.82 Å². The molecule has 8 heteroatoms. The van der Waals surface area contributed by atoms with E-state index in [-0.39, 0.29) is 18.1 Å². The van der Waals surface area contributed by atoms with Crippen LogP contribution in [0.5, 0.6) is 0 Å². The Bertz CT molecular complexity index is 1020. The predicted molar refractivity (Wildman–Crippen MR) is 108 cm³/mol. The van der Waals surface area contributed by atoms with Crippen molar-refractivity contribution in [2.24, 2.45) is 0 Å². The summed E-state index contributed by atoms with van der Waals surface area (Å²) in [6.45, 7) is 2.65. The van der Waals surface area contributed by atoms with Gasteiger partial charge >= 0.3 is 0 Å². The van der Waals surface area contributed by atoms with Gasteiger partial charge in [0, 0.05) is 25.2 Å². The SMILES string of the molecule is O=C(NCc1ccc(N2CCOCC2)c(F)c1)c1ncoc1-c1ccccc1Cl. The molecule has 1 aliphatic heterocycles. The van der Waals surface area contributed by atoms with Gasteiger partial charge in [0.25, 0.3) is 5.91 Å². The summed E-state index contributed by atoms with van der Waals surface area (Å²) in [7, 11) is 0. The zero-order chi connectivity index (χ0) is 20.2. The van der Waals surface area contributed by atoms with E-state index in [4.69, 9.17) is 20.8 Å². The number of amides is 1. The standard InChI is InChI=1S/C21H19ClFN3O3/c22-16-4-2-1-3-15(16)20-19(25-13-29-20)21(27)24-12-14-5-6-18(17(23)11-14)26-7-9-28-10-8-26/h1-6,11,13H,7-10,12H2,(H,24,27). The zero-order valence-corrected chi connectivity index (χ0v) is 16.3. The maximum absolute atomic E-state index is 14.5. The molecule has 1 N–H and O–H groups in total. The number of morpholine rings is 1. The highest BCUT2D eigenvalue weighted by atomic mass is 35.5. The minimum atomic E-state index is -0.425. The van der Waals surface area contributed by atoms with Crippen LogP contribution >= 0.6 is 11.6 Å². The lowest BCUT2D eigenvalue weighted by Crippen LogP contribution is -2.36. The molecule has 0 spiro atoms. The number of oxazole rings is 1. The fraction of sp³-hybridized carbons (Fsp3) is 0.238. The number of hydrogen-bond donors (Lipinski definition) is 1. The van der Waals surface area contributed by atoms with Gasteiger partial charge in [-0.1, -0.05) is 29.8 Å². The average molecular weight is 416 g/mol. The summed E-state index contributed by atoms with van der Waals surface area (Å²) in [5.74, 6) is -0.454. The Morgan fingerprint density at radius 2 is 2.00 bits per heavy atom. The molecular formula is C21H19ClFN3O3. The van der Waals surface area contributed by atoms with E-state index in [1.54, 1.807) is 36.4 Å². The van der Waals surface area contributed by atoms with Crippen LogP contribution in [0.1, 0.15) is 16.1 Å². The van der Waals surface area contributed by atoms with E-state index in [0.717, 1.165) is 0 Å². The van der Waals surface area contributed by atoms with E-state index in [0.29, 0.717) is 53.9 Å². The van der Waals surface area contributed by atoms with Crippen LogP contribution in [0.2, 0.25) is 5.02 Å². The first-order valence-electron chi connectivity index (χ1n) is 9.21. The third kappa shape index (κ3) is 4.26. The molecule has 3 aromatic rings. The fourth-order valence-electron chi connectivity index (χ4n) is 3.23. The summed E-state index contributed by atoms with van der Waals surface area (Å²) >= 11 is 6.19. The van der Waals surface area contributed by atoms with Crippen LogP contribution in [0.25, 0.3) is 11.3 Å². The predicted octanol–water partition coefficient (Wildman–Crippen LogP) is 3.90. The highest BCUT2D eigenvalue weighted by Gasteiger charge is 2.20. The molecule has 0 unspecified atom stereocenters. The number of nitrogens with zero attached hydrogens (tertiary/aromatic N) is 2. The number of carbonyl (C=O) groups excluding carboxylic acids is 1. The third-order valence-corrected chi connectivity index (χ3v) is 5.05. The summed E-state index contributed by atoms with van der Waals surface area (Å²) in [5.41, 5.74) is 1.90. The van der Waals surface area contributed by atoms with Crippen LogP contribution in [0.15, 0.2) is 53.3 Å². The first-order valence-corrected chi connectivity index (χ1v) is 9.59. The minimum absolute atomic E-state index is 0.128. The maximum atomic E-state index is 14.5. The van der Waals surface area contributed by atoms with Crippen LogP contribution < -0.4 is 10.2 Å². The number of benzene rings is 2. The van der Waals surface area contributed by atoms with E-state index < -0.39 is 5.91 Å². The van der Waals surface area contributed by atoms with Crippen molar-refractivity contribution in [3.63, 3.8) is 0 Å². The maximum Gasteiger partial charge on any atom is 0.274 e. The second-order valence-corrected chi connectivity index (χ2v) is 6.98. The molecule has 2 aromatic carbocycles. The lowest BCUT2D eigenvalue weighted by molar-refractivity contribution is 0.0946. The Balaban J connectivity index is 1.45. The Labute approximate surface area is 172 Å². The van der Waals surface area contributed by atoms with Gasteiger partial charge in [-0.05, 0) is 29.8 Å². The molecule has 6 nitrogen and oxygen atoms in total. The van der Waals surface area contributed by atoms with Crippen molar-refractivity contribution in [1.29, 1.82) is 0 Å². The molecule has 1 fully saturated rings. The van der Waals surface area contributed by atoms with Crippen molar-refractivity contribution in [2.75, 3.05) is 31.2 Å². The minimum Gasteiger partial charge on any atom is -0.443 e. The molecule has 2 heterocycles. The number of rotatable bonds is 5. The van der Waals surface area contributed by atoms with E-state index >= 15 is 0 Å². The molecule has 1 aliphatic rings. The number of nitrogens with one attached hydrogen (secondary N) is 1. The summed E-state index contributed by atoms with van der Waals surface area (Å²) in [5, 5.41) is 3.21. The van der Waals surface area contributed by atoms with Gasteiger partial charge in [0.1, 0.15) is 5.82 Å². The van der Waals surface area contributed by atoms with Gasteiger partial charge in [0.05, 0.1) is 23.9 Å². The molecule has 1 amide bonds. The summed E-state index contributed by atoms with van der Waals surface area (Å²) in [4.78, 5) is 18.6. The number of ether oxygens (including phenoxy) is 1. The Kier molecular flexibility index (Phi) is 5.78. The van der Waals surface area contributed by atoms with Crippen LogP contribution in [0.3, 0.4) is 0 Å². The molecular weight excluding hydrogens is 397 g/mol. The van der Waals surface area contributed by atoms with Crippen LogP contribution in [-0.2, 0) is 11.3 Å². The lowest BCUT2D eigenvalue weighted by Gasteiger charge is -2.29. The first kappa shape index (κ1) is 19.4. The topological polar surface area (TPSA) is 67.6 Å². The molecule has 1 saturated heterocycles. The first-order chi connectivity index (χ1) is 14.1. The van der Waals surface area contributed by atoms with Gasteiger partial charge in [-0.15, -0.1) is 0 Å². The summed E-state index contributed by atoms with van der Waals surface area (Å²) in [6.07, 6.45) is 1.20. The van der Waals surface area contributed by atoms with Crippen molar-refractivity contribution >= 4 is 23.2 Å². The zero-order valence-electron chi connectivity index (χ0n) is 15.5. The van der Waals surface area contributed by atoms with Crippen molar-refractivity contribution in [2.45, 2.75) is 6.54 Å². The van der Waals surface area contributed by atoms with Gasteiger partial charge < -0.3 is 19.4 Å². The molecule has 0 bridgehead atoms. The van der Waals surface area contributed by atoms with E-state index in [1.165, 1.54) is 12.5 Å². The molecule has 0 saturated carbocycles.